The minimum Gasteiger partial charge on any atom is -0.870 e. The Bertz CT molecular complexity index is 1330. The number of aliphatic hydroxyl groups is 2. The monoisotopic (exact) mass is 895 g/mol. The predicted molar refractivity (Wildman–Crippen MR) is 216 cm³/mol. The fourth-order valence-corrected chi connectivity index (χ4v) is 8.73. The summed E-state index contributed by atoms with van der Waals surface area (Å²) in [6, 6.07) is -2.21. The van der Waals surface area contributed by atoms with Gasteiger partial charge in [0, 0.05) is 24.0 Å². The molecule has 0 amide bonds. The molecule has 0 aliphatic carbocycles. The summed E-state index contributed by atoms with van der Waals surface area (Å²) in [5.74, 6) is 0. The molecule has 0 aromatic carbocycles. The van der Waals surface area contributed by atoms with Gasteiger partial charge in [0.25, 0.3) is 15.6 Å². The van der Waals surface area contributed by atoms with Crippen LogP contribution in [0, 0.1) is 0 Å². The topological polar surface area (TPSA) is 261 Å². The second-order valence-corrected chi connectivity index (χ2v) is 18.7. The van der Waals surface area contributed by atoms with Crippen LogP contribution >= 0.6 is 15.6 Å². The van der Waals surface area contributed by atoms with E-state index >= 15 is 0 Å². The van der Waals surface area contributed by atoms with Gasteiger partial charge in [-0.3, -0.25) is 9.13 Å². The van der Waals surface area contributed by atoms with Gasteiger partial charge >= 0.3 is 0 Å². The number of hydrogen-bond acceptors (Lipinski definition) is 19. The fraction of sp³-hybridized carbons (Fsp3) is 1.00. The molecule has 5 rings (SSSR count). The zero-order valence-electron chi connectivity index (χ0n) is 35.2. The molecule has 0 aromatic rings. The summed E-state index contributed by atoms with van der Waals surface area (Å²) < 4.78 is 87.5. The van der Waals surface area contributed by atoms with Gasteiger partial charge < -0.3 is 81.5 Å². The van der Waals surface area contributed by atoms with Crippen molar-refractivity contribution in [2.24, 2.45) is 0 Å². The number of ether oxygens (including phenoxy) is 8. The first kappa shape index (κ1) is 58.1. The minimum absolute atomic E-state index is 0. The number of phosphoric acid groups is 2. The molecule has 344 valence electrons. The lowest BCUT2D eigenvalue weighted by atomic mass is 9.93. The highest BCUT2D eigenvalue weighted by molar-refractivity contribution is 7.46. The van der Waals surface area contributed by atoms with E-state index in [2.05, 4.69) is 4.52 Å². The Morgan fingerprint density at radius 3 is 1.82 bits per heavy atom. The van der Waals surface area contributed by atoms with Gasteiger partial charge in [-0.2, -0.15) is 0 Å². The largest absolute Gasteiger partial charge is 0.870 e. The van der Waals surface area contributed by atoms with Crippen molar-refractivity contribution >= 4 is 47.0 Å². The van der Waals surface area contributed by atoms with Gasteiger partial charge in [0.2, 0.25) is 0 Å². The van der Waals surface area contributed by atoms with Crippen LogP contribution in [0.4, 0.5) is 0 Å². The molecule has 5 saturated heterocycles. The molecule has 19 nitrogen and oxygen atoms in total. The first-order chi connectivity index (χ1) is 26.9. The Balaban J connectivity index is 0.000000491. The Morgan fingerprint density at radius 1 is 0.783 bits per heavy atom. The molecule has 60 heavy (non-hydrogen) atoms. The number of rotatable bonds is 17. The molecule has 0 bridgehead atoms. The average Bonchev–Trinajstić information content (AvgIpc) is 3.83. The Morgan fingerprint density at radius 2 is 1.30 bits per heavy atom. The van der Waals surface area contributed by atoms with Gasteiger partial charge in [0.1, 0.15) is 67.0 Å². The molecule has 5 aliphatic rings. The van der Waals surface area contributed by atoms with Crippen molar-refractivity contribution in [2.45, 2.75) is 185 Å². The average molecular weight is 895 g/mol. The maximum absolute atomic E-state index is 12.4. The summed E-state index contributed by atoms with van der Waals surface area (Å²) in [5.41, 5.74) is -2.31. The summed E-state index contributed by atoms with van der Waals surface area (Å²) in [6.07, 6.45) is -1.61. The summed E-state index contributed by atoms with van der Waals surface area (Å²) in [6.45, 7) is 14.2. The van der Waals surface area contributed by atoms with Crippen LogP contribution in [0.25, 0.3) is 0 Å². The molecule has 5 heterocycles. The van der Waals surface area contributed by atoms with Crippen molar-refractivity contribution in [1.82, 2.24) is 0 Å². The van der Waals surface area contributed by atoms with E-state index < -0.39 is 69.8 Å². The van der Waals surface area contributed by atoms with Gasteiger partial charge in [-0.25, -0.2) is 0 Å². The number of hydrogen-bond donors (Lipinski definition) is 2. The van der Waals surface area contributed by atoms with Crippen molar-refractivity contribution in [3.8, 4) is 0 Å². The quantitative estimate of drug-likeness (QED) is 0.148. The normalized spacial score (nSPS) is 38.4. The maximum atomic E-state index is 12.4. The van der Waals surface area contributed by atoms with E-state index in [1.54, 1.807) is 13.8 Å². The van der Waals surface area contributed by atoms with E-state index in [1.807, 2.05) is 41.5 Å². The van der Waals surface area contributed by atoms with Crippen LogP contribution in [0.3, 0.4) is 0 Å². The summed E-state index contributed by atoms with van der Waals surface area (Å²) >= 11 is 0. The van der Waals surface area contributed by atoms with Crippen LogP contribution in [0.1, 0.15) is 88.5 Å². The second-order valence-electron chi connectivity index (χ2n) is 16.0. The van der Waals surface area contributed by atoms with Gasteiger partial charge in [-0.05, 0) is 81.1 Å². The van der Waals surface area contributed by atoms with E-state index in [4.69, 9.17) is 88.0 Å². The standard InChI is InChI=1S/C17H31B2O9P.C9H16BO6P.C8H15BO3.CH4.H2O/c1-10(2)23-9-17(8-20)14(6-16(19)27-17)28-29(21,22)24-7-13-12(25-11(3)4)5-15(18)26-13;1-6(2)13-4-9-5-14-17(11,12)16-7(9)3-8(10)15-9;1-5(2)11-6-3-8(9)12-7(6)4-10;;/h10-16,20H,5-9H2,1-4H3,(H,21,22);6-8H,3-5H2,1-2H3,(H,11,12);5-8,10H,3-4H2,1-2H3;1H4;1H2/p-3/t12-,13-,14-,15-,16-,17-;7-,8-,9+;6-,7-,8-;;/m111../s1. The molecule has 25 heteroatoms. The van der Waals surface area contributed by atoms with Crippen molar-refractivity contribution in [2.75, 3.05) is 39.6 Å². The van der Waals surface area contributed by atoms with Gasteiger partial charge in [0.15, 0.2) is 0 Å². The predicted octanol–water partition coefficient (Wildman–Crippen LogP) is 0.469. The van der Waals surface area contributed by atoms with Crippen LogP contribution in [-0.2, 0) is 65.1 Å². The van der Waals surface area contributed by atoms with Crippen molar-refractivity contribution in [1.29, 1.82) is 0 Å². The van der Waals surface area contributed by atoms with Crippen LogP contribution < -0.4 is 9.79 Å². The number of phosphoric ester groups is 2. The first-order valence-corrected chi connectivity index (χ1v) is 22.6. The molecule has 2 unspecified atom stereocenters. The van der Waals surface area contributed by atoms with E-state index in [0.29, 0.717) is 19.3 Å². The van der Waals surface area contributed by atoms with E-state index in [1.165, 1.54) is 0 Å². The second kappa shape index (κ2) is 25.7. The van der Waals surface area contributed by atoms with Gasteiger partial charge in [-0.15, -0.1) is 0 Å². The molecule has 5 aliphatic heterocycles. The zero-order chi connectivity index (χ0) is 43.6. The highest BCUT2D eigenvalue weighted by Crippen LogP contribution is 2.52. The highest BCUT2D eigenvalue weighted by Gasteiger charge is 2.54. The van der Waals surface area contributed by atoms with Crippen LogP contribution in [0.15, 0.2) is 0 Å². The lowest BCUT2D eigenvalue weighted by molar-refractivity contribution is -0.260. The lowest BCUT2D eigenvalue weighted by Crippen LogP contribution is -2.52. The number of aliphatic hydroxyl groups excluding tert-OH is 2. The van der Waals surface area contributed by atoms with E-state index in [0.717, 1.165) is 0 Å². The third-order valence-electron chi connectivity index (χ3n) is 9.34. The smallest absolute Gasteiger partial charge is 0.268 e. The van der Waals surface area contributed by atoms with Crippen LogP contribution in [0.2, 0.25) is 0 Å². The molecule has 0 spiro atoms. The lowest BCUT2D eigenvalue weighted by Gasteiger charge is -2.42. The molecule has 0 saturated carbocycles. The van der Waals surface area contributed by atoms with Crippen molar-refractivity contribution in [3.63, 3.8) is 0 Å². The molecule has 8 radical (unpaired) electrons. The molecule has 0 aromatic heterocycles. The van der Waals surface area contributed by atoms with E-state index in [-0.39, 0.29) is 101 Å². The molecule has 5 fully saturated rings. The van der Waals surface area contributed by atoms with Crippen molar-refractivity contribution in [3.05, 3.63) is 0 Å². The molecular weight excluding hydrogens is 830 g/mol. The highest BCUT2D eigenvalue weighted by atomic mass is 31.2. The van der Waals surface area contributed by atoms with Crippen LogP contribution in [0.5, 0.6) is 0 Å². The fourth-order valence-electron chi connectivity index (χ4n) is 6.72. The Hall–Kier alpha value is 0.0397. The third kappa shape index (κ3) is 18.1. The maximum Gasteiger partial charge on any atom is 0.268 e. The minimum atomic E-state index is -4.77. The van der Waals surface area contributed by atoms with E-state index in [9.17, 15) is 24.0 Å². The first-order valence-electron chi connectivity index (χ1n) is 19.6. The van der Waals surface area contributed by atoms with Gasteiger partial charge in [-0.1, -0.05) is 7.43 Å². The summed E-state index contributed by atoms with van der Waals surface area (Å²) in [4.78, 5) is 23.7. The molecule has 3 N–H and O–H groups in total. The zero-order valence-corrected chi connectivity index (χ0v) is 37.0. The van der Waals surface area contributed by atoms with Gasteiger partial charge in [0.05, 0.1) is 76.3 Å². The summed E-state index contributed by atoms with van der Waals surface area (Å²) in [5, 5.41) is 18.7. The molecule has 14 atom stereocenters. The van der Waals surface area contributed by atoms with Crippen molar-refractivity contribution < 1.29 is 90.6 Å². The molecular formula is C35H65B4O19P2-3. The Kier molecular flexibility index (Phi) is 24.8. The third-order valence-corrected chi connectivity index (χ3v) is 11.3. The van der Waals surface area contributed by atoms with Crippen LogP contribution in [-0.4, -0.2) is 183 Å². The Labute approximate surface area is 361 Å². The summed E-state index contributed by atoms with van der Waals surface area (Å²) in [7, 11) is 13.8. The number of fused-ring (bicyclic) bond motifs is 1. The SMILES string of the molecule is C.[B][C@H]1C[C@@H](OC(C)C)[C@@H](CO)O1.[B][C@H]1C[C@@H](OC(C)C)[C@@H](COP(=O)([O-])O[C@@H]2C[C@H]([B])O[C@]2(CO)COC(C)C)O1.[B][C@H]1C[C@H]2OP(=O)([O-])OC[C@]2(COC(C)C)O1.[OH-].